The molecule has 0 radical (unpaired) electrons. The summed E-state index contributed by atoms with van der Waals surface area (Å²) >= 11 is 0. The normalized spacial score (nSPS) is 12.1. The Kier molecular flexibility index (Phi) is 5.86. The van der Waals surface area contributed by atoms with E-state index in [-0.39, 0.29) is 0 Å². The maximum absolute atomic E-state index is 5.29. The molecule has 128 valence electrons. The lowest BCUT2D eigenvalue weighted by Gasteiger charge is -2.30. The van der Waals surface area contributed by atoms with Crippen molar-refractivity contribution in [2.75, 3.05) is 7.11 Å². The van der Waals surface area contributed by atoms with Crippen molar-refractivity contribution in [1.29, 1.82) is 0 Å². The minimum atomic E-state index is 0.311. The van der Waals surface area contributed by atoms with Crippen LogP contribution in [0.3, 0.4) is 0 Å². The van der Waals surface area contributed by atoms with Gasteiger partial charge in [0.15, 0.2) is 0 Å². The Morgan fingerprint density at radius 3 is 1.64 bits per heavy atom. The van der Waals surface area contributed by atoms with Gasteiger partial charge in [-0.15, -0.1) is 0 Å². The molecule has 0 fully saturated rings. The summed E-state index contributed by atoms with van der Waals surface area (Å²) < 4.78 is 5.29. The first-order chi connectivity index (χ1) is 12.3. The molecular weight excluding hydrogens is 306 g/mol. The maximum atomic E-state index is 5.29. The first kappa shape index (κ1) is 17.2. The van der Waals surface area contributed by atoms with Gasteiger partial charge in [-0.25, -0.2) is 0 Å². The third-order valence-corrected chi connectivity index (χ3v) is 4.60. The number of nitrogens with zero attached hydrogens (tertiary/aromatic N) is 1. The molecule has 0 amide bonds. The summed E-state index contributed by atoms with van der Waals surface area (Å²) in [5.74, 6) is 0.897. The molecule has 0 bridgehead atoms. The molecule has 0 saturated heterocycles. The van der Waals surface area contributed by atoms with Crippen LogP contribution in [0.2, 0.25) is 0 Å². The quantitative estimate of drug-likeness (QED) is 0.570. The fourth-order valence-electron chi connectivity index (χ4n) is 3.06. The van der Waals surface area contributed by atoms with Crippen LogP contribution >= 0.6 is 0 Å². The van der Waals surface area contributed by atoms with Gasteiger partial charge in [0.2, 0.25) is 0 Å². The van der Waals surface area contributed by atoms with Crippen LogP contribution in [-0.4, -0.2) is 12.0 Å². The Bertz CT molecular complexity index is 712. The second-order valence-electron chi connectivity index (χ2n) is 6.33. The molecule has 0 heterocycles. The number of rotatable bonds is 7. The van der Waals surface area contributed by atoms with Gasteiger partial charge in [-0.3, -0.25) is 4.90 Å². The van der Waals surface area contributed by atoms with Gasteiger partial charge in [-0.05, 0) is 35.7 Å². The molecule has 0 aliphatic heterocycles. The molecule has 1 atom stereocenters. The van der Waals surface area contributed by atoms with Crippen molar-refractivity contribution in [2.24, 2.45) is 0 Å². The predicted molar refractivity (Wildman–Crippen MR) is 104 cm³/mol. The first-order valence-corrected chi connectivity index (χ1v) is 8.72. The van der Waals surface area contributed by atoms with Gasteiger partial charge < -0.3 is 4.74 Å². The van der Waals surface area contributed by atoms with Crippen LogP contribution in [0.15, 0.2) is 84.9 Å². The summed E-state index contributed by atoms with van der Waals surface area (Å²) in [6.45, 7) is 4.11. The molecule has 0 aliphatic rings. The van der Waals surface area contributed by atoms with Crippen LogP contribution in [-0.2, 0) is 13.1 Å². The Morgan fingerprint density at radius 2 is 1.20 bits per heavy atom. The number of hydrogen-bond acceptors (Lipinski definition) is 2. The second-order valence-corrected chi connectivity index (χ2v) is 6.33. The van der Waals surface area contributed by atoms with E-state index < -0.39 is 0 Å². The molecule has 3 aromatic rings. The van der Waals surface area contributed by atoms with E-state index in [0.29, 0.717) is 6.04 Å². The molecule has 0 N–H and O–H groups in total. The fraction of sp³-hybridized carbons (Fsp3) is 0.217. The molecule has 0 saturated carbocycles. The molecule has 25 heavy (non-hydrogen) atoms. The summed E-state index contributed by atoms with van der Waals surface area (Å²) in [5, 5.41) is 0. The van der Waals surface area contributed by atoms with Crippen molar-refractivity contribution < 1.29 is 4.74 Å². The maximum Gasteiger partial charge on any atom is 0.118 e. The average Bonchev–Trinajstić information content (AvgIpc) is 2.68. The Balaban J connectivity index is 1.83. The topological polar surface area (TPSA) is 12.5 Å². The first-order valence-electron chi connectivity index (χ1n) is 8.72. The van der Waals surface area contributed by atoms with Crippen LogP contribution in [0.5, 0.6) is 5.75 Å². The number of hydrogen-bond donors (Lipinski definition) is 0. The molecule has 0 unspecified atom stereocenters. The summed E-state index contributed by atoms with van der Waals surface area (Å²) in [4.78, 5) is 2.51. The van der Waals surface area contributed by atoms with Crippen molar-refractivity contribution in [1.82, 2.24) is 4.90 Å². The molecule has 0 spiro atoms. The minimum Gasteiger partial charge on any atom is -0.497 e. The summed E-state index contributed by atoms with van der Waals surface area (Å²) in [6, 6.07) is 30.0. The second kappa shape index (κ2) is 8.50. The standard InChI is InChI=1S/C23H25NO/c1-19(22-13-15-23(25-2)16-14-22)24(17-20-9-5-3-6-10-20)18-21-11-7-4-8-12-21/h3-16,19H,17-18H2,1-2H3/t19-/m0/s1. The van der Waals surface area contributed by atoms with E-state index >= 15 is 0 Å². The van der Waals surface area contributed by atoms with Crippen LogP contribution in [0.1, 0.15) is 29.7 Å². The van der Waals surface area contributed by atoms with Gasteiger partial charge in [-0.1, -0.05) is 72.8 Å². The lowest BCUT2D eigenvalue weighted by atomic mass is 10.0. The fourth-order valence-corrected chi connectivity index (χ4v) is 3.06. The number of benzene rings is 3. The van der Waals surface area contributed by atoms with Gasteiger partial charge in [-0.2, -0.15) is 0 Å². The highest BCUT2D eigenvalue weighted by Gasteiger charge is 2.17. The van der Waals surface area contributed by atoms with Gasteiger partial charge >= 0.3 is 0 Å². The van der Waals surface area contributed by atoms with E-state index in [1.807, 2.05) is 12.1 Å². The zero-order chi connectivity index (χ0) is 17.5. The van der Waals surface area contributed by atoms with Crippen molar-refractivity contribution in [3.05, 3.63) is 102 Å². The highest BCUT2D eigenvalue weighted by molar-refractivity contribution is 5.29. The SMILES string of the molecule is COc1ccc([C@H](C)N(Cc2ccccc2)Cc2ccccc2)cc1. The van der Waals surface area contributed by atoms with Crippen molar-refractivity contribution >= 4 is 0 Å². The molecule has 2 nitrogen and oxygen atoms in total. The largest absolute Gasteiger partial charge is 0.497 e. The van der Waals surface area contributed by atoms with Crippen LogP contribution in [0.25, 0.3) is 0 Å². The van der Waals surface area contributed by atoms with Crippen LogP contribution < -0.4 is 4.74 Å². The lowest BCUT2D eigenvalue weighted by Crippen LogP contribution is -2.26. The van der Waals surface area contributed by atoms with Crippen molar-refractivity contribution in [2.45, 2.75) is 26.1 Å². The van der Waals surface area contributed by atoms with Crippen molar-refractivity contribution in [3.63, 3.8) is 0 Å². The van der Waals surface area contributed by atoms with Crippen LogP contribution in [0.4, 0.5) is 0 Å². The van der Waals surface area contributed by atoms with Gasteiger partial charge in [0.1, 0.15) is 5.75 Å². The van der Waals surface area contributed by atoms with E-state index in [0.717, 1.165) is 18.8 Å². The molecular formula is C23H25NO. The monoisotopic (exact) mass is 331 g/mol. The Labute approximate surface area is 150 Å². The zero-order valence-corrected chi connectivity index (χ0v) is 14.9. The van der Waals surface area contributed by atoms with E-state index in [2.05, 4.69) is 84.6 Å². The zero-order valence-electron chi connectivity index (χ0n) is 14.9. The molecule has 3 aromatic carbocycles. The number of ether oxygens (including phenoxy) is 1. The van der Waals surface area contributed by atoms with Crippen molar-refractivity contribution in [3.8, 4) is 5.75 Å². The highest BCUT2D eigenvalue weighted by Crippen LogP contribution is 2.26. The molecule has 0 aliphatic carbocycles. The third-order valence-electron chi connectivity index (χ3n) is 4.60. The van der Waals surface area contributed by atoms with Crippen LogP contribution in [0, 0.1) is 0 Å². The lowest BCUT2D eigenvalue weighted by molar-refractivity contribution is 0.192. The van der Waals surface area contributed by atoms with E-state index in [4.69, 9.17) is 4.74 Å². The molecule has 0 aromatic heterocycles. The Morgan fingerprint density at radius 1 is 0.720 bits per heavy atom. The minimum absolute atomic E-state index is 0.311. The summed E-state index contributed by atoms with van der Waals surface area (Å²) in [6.07, 6.45) is 0. The summed E-state index contributed by atoms with van der Waals surface area (Å²) in [7, 11) is 1.70. The summed E-state index contributed by atoms with van der Waals surface area (Å²) in [5.41, 5.74) is 3.96. The highest BCUT2D eigenvalue weighted by atomic mass is 16.5. The Hall–Kier alpha value is -2.58. The smallest absolute Gasteiger partial charge is 0.118 e. The van der Waals surface area contributed by atoms with Gasteiger partial charge in [0.25, 0.3) is 0 Å². The van der Waals surface area contributed by atoms with E-state index in [9.17, 15) is 0 Å². The van der Waals surface area contributed by atoms with E-state index in [1.54, 1.807) is 7.11 Å². The van der Waals surface area contributed by atoms with E-state index in [1.165, 1.54) is 16.7 Å². The number of methoxy groups -OCH3 is 1. The van der Waals surface area contributed by atoms with Gasteiger partial charge in [0, 0.05) is 19.1 Å². The third kappa shape index (κ3) is 4.71. The molecule has 3 rings (SSSR count). The predicted octanol–water partition coefficient (Wildman–Crippen LogP) is 5.46. The average molecular weight is 331 g/mol. The molecule has 2 heteroatoms. The van der Waals surface area contributed by atoms with Gasteiger partial charge in [0.05, 0.1) is 7.11 Å².